The molecule has 0 amide bonds. The third-order valence-electron chi connectivity index (χ3n) is 3.32. The summed E-state index contributed by atoms with van der Waals surface area (Å²) in [4.78, 5) is 0. The second-order valence-electron chi connectivity index (χ2n) is 4.58. The Morgan fingerprint density at radius 3 is 1.90 bits per heavy atom. The molecule has 2 rings (SSSR count). The number of rotatable bonds is 4. The van der Waals surface area contributed by atoms with Gasteiger partial charge in [-0.1, -0.05) is 31.2 Å². The summed E-state index contributed by atoms with van der Waals surface area (Å²) in [5, 5.41) is 0. The van der Waals surface area contributed by atoms with E-state index in [4.69, 9.17) is 0 Å². The molecule has 2 aromatic rings. The van der Waals surface area contributed by atoms with Crippen LogP contribution in [0.15, 0.2) is 30.3 Å². The lowest BCUT2D eigenvalue weighted by Crippen LogP contribution is -2.02. The van der Waals surface area contributed by atoms with Gasteiger partial charge in [0.1, 0.15) is 0 Å². The molecule has 0 fully saturated rings. The van der Waals surface area contributed by atoms with Crippen LogP contribution in [0.2, 0.25) is 0 Å². The quantitative estimate of drug-likeness (QED) is 0.719. The Morgan fingerprint density at radius 1 is 0.700 bits per heavy atom. The van der Waals surface area contributed by atoms with Gasteiger partial charge in [-0.2, -0.15) is 0 Å². The van der Waals surface area contributed by atoms with Crippen molar-refractivity contribution in [1.82, 2.24) is 0 Å². The lowest BCUT2D eigenvalue weighted by Gasteiger charge is -2.08. The van der Waals surface area contributed by atoms with Crippen LogP contribution >= 0.6 is 0 Å². The smallest absolute Gasteiger partial charge is 0.162 e. The predicted octanol–water partition coefficient (Wildman–Crippen LogP) is 4.59. The molecule has 0 atom stereocenters. The van der Waals surface area contributed by atoms with E-state index in [0.717, 1.165) is 6.07 Å². The molecule has 0 saturated heterocycles. The predicted molar refractivity (Wildman–Crippen MR) is 69.5 cm³/mol. The fourth-order valence-electron chi connectivity index (χ4n) is 2.11. The fraction of sp³-hybridized carbons (Fsp3) is 0.250. The molecule has 0 nitrogen and oxygen atoms in total. The molecule has 0 unspecified atom stereocenters. The summed E-state index contributed by atoms with van der Waals surface area (Å²) in [6.07, 6.45) is 0.639. The van der Waals surface area contributed by atoms with Crippen molar-refractivity contribution in [1.29, 1.82) is 0 Å². The minimum atomic E-state index is -0.935. The number of hydrogen-bond donors (Lipinski definition) is 0. The first-order chi connectivity index (χ1) is 9.54. The highest BCUT2D eigenvalue weighted by atomic mass is 19.2. The van der Waals surface area contributed by atoms with Crippen LogP contribution in [0.25, 0.3) is 0 Å². The van der Waals surface area contributed by atoms with Crippen LogP contribution in [-0.2, 0) is 19.3 Å². The summed E-state index contributed by atoms with van der Waals surface area (Å²) >= 11 is 0. The zero-order valence-electron chi connectivity index (χ0n) is 11.0. The van der Waals surface area contributed by atoms with Crippen molar-refractivity contribution in [2.24, 2.45) is 0 Å². The number of aryl methyl sites for hydroxylation is 3. The average Bonchev–Trinajstić information content (AvgIpc) is 2.44. The van der Waals surface area contributed by atoms with Gasteiger partial charge in [0.05, 0.1) is 0 Å². The normalized spacial score (nSPS) is 10.8. The van der Waals surface area contributed by atoms with E-state index in [0.29, 0.717) is 12.0 Å². The van der Waals surface area contributed by atoms with Gasteiger partial charge in [-0.05, 0) is 42.0 Å². The monoisotopic (exact) mass is 282 g/mol. The van der Waals surface area contributed by atoms with E-state index in [1.54, 1.807) is 6.92 Å². The SMILES string of the molecule is CCc1ccc(CCc2cccc(F)c2F)c(F)c1F. The molecule has 0 aromatic heterocycles. The van der Waals surface area contributed by atoms with Gasteiger partial charge < -0.3 is 0 Å². The molecule has 0 bridgehead atoms. The molecule has 0 heterocycles. The topological polar surface area (TPSA) is 0 Å². The van der Waals surface area contributed by atoms with Crippen molar-refractivity contribution >= 4 is 0 Å². The minimum absolute atomic E-state index is 0.116. The maximum Gasteiger partial charge on any atom is 0.162 e. The average molecular weight is 282 g/mol. The van der Waals surface area contributed by atoms with E-state index in [1.807, 2.05) is 0 Å². The van der Waals surface area contributed by atoms with Crippen molar-refractivity contribution in [3.05, 3.63) is 70.3 Å². The largest absolute Gasteiger partial charge is 0.204 e. The fourth-order valence-corrected chi connectivity index (χ4v) is 2.11. The summed E-state index contributed by atoms with van der Waals surface area (Å²) < 4.78 is 53.9. The van der Waals surface area contributed by atoms with Crippen LogP contribution in [0.3, 0.4) is 0 Å². The molecule has 0 spiro atoms. The van der Waals surface area contributed by atoms with Crippen molar-refractivity contribution in [3.8, 4) is 0 Å². The Bertz CT molecular complexity index is 620. The molecule has 4 heteroatoms. The van der Waals surface area contributed by atoms with Crippen LogP contribution in [0.4, 0.5) is 17.6 Å². The van der Waals surface area contributed by atoms with Crippen LogP contribution in [-0.4, -0.2) is 0 Å². The molecule has 0 saturated carbocycles. The molecule has 0 aliphatic carbocycles. The molecule has 0 radical (unpaired) electrons. The second kappa shape index (κ2) is 6.07. The van der Waals surface area contributed by atoms with Crippen LogP contribution in [0.5, 0.6) is 0 Å². The summed E-state index contributed by atoms with van der Waals surface area (Å²) in [5.41, 5.74) is 0.635. The Balaban J connectivity index is 2.19. The molecule has 106 valence electrons. The summed E-state index contributed by atoms with van der Waals surface area (Å²) in [5.74, 6) is -3.63. The van der Waals surface area contributed by atoms with E-state index in [9.17, 15) is 17.6 Å². The Labute approximate surface area is 115 Å². The van der Waals surface area contributed by atoms with Crippen molar-refractivity contribution < 1.29 is 17.6 Å². The lowest BCUT2D eigenvalue weighted by molar-refractivity contribution is 0.486. The standard InChI is InChI=1S/C16H14F4/c1-2-10-6-7-12(16(20)15(10)19)9-8-11-4-3-5-13(17)14(11)18/h3-7H,2,8-9H2,1H3. The van der Waals surface area contributed by atoms with Crippen LogP contribution in [0.1, 0.15) is 23.6 Å². The summed E-state index contributed by atoms with van der Waals surface area (Å²) in [7, 11) is 0. The second-order valence-corrected chi connectivity index (χ2v) is 4.58. The highest BCUT2D eigenvalue weighted by Gasteiger charge is 2.13. The Morgan fingerprint density at radius 2 is 1.25 bits per heavy atom. The maximum absolute atomic E-state index is 13.8. The molecule has 2 aromatic carbocycles. The third-order valence-corrected chi connectivity index (χ3v) is 3.32. The Hall–Kier alpha value is -1.84. The highest BCUT2D eigenvalue weighted by molar-refractivity contribution is 5.28. The maximum atomic E-state index is 13.8. The van der Waals surface area contributed by atoms with Crippen molar-refractivity contribution in [2.75, 3.05) is 0 Å². The van der Waals surface area contributed by atoms with E-state index < -0.39 is 23.3 Å². The minimum Gasteiger partial charge on any atom is -0.204 e. The zero-order chi connectivity index (χ0) is 14.7. The third kappa shape index (κ3) is 2.84. The van der Waals surface area contributed by atoms with E-state index in [1.165, 1.54) is 24.3 Å². The Kier molecular flexibility index (Phi) is 4.42. The zero-order valence-corrected chi connectivity index (χ0v) is 11.0. The first-order valence-corrected chi connectivity index (χ1v) is 6.43. The number of benzene rings is 2. The van der Waals surface area contributed by atoms with Gasteiger partial charge in [-0.3, -0.25) is 0 Å². The van der Waals surface area contributed by atoms with Gasteiger partial charge in [0.2, 0.25) is 0 Å². The van der Waals surface area contributed by atoms with Crippen LogP contribution < -0.4 is 0 Å². The van der Waals surface area contributed by atoms with Gasteiger partial charge in [0.15, 0.2) is 23.3 Å². The molecular formula is C16H14F4. The van der Waals surface area contributed by atoms with Gasteiger partial charge in [0.25, 0.3) is 0 Å². The molecular weight excluding hydrogens is 268 g/mol. The first-order valence-electron chi connectivity index (χ1n) is 6.43. The molecule has 20 heavy (non-hydrogen) atoms. The summed E-state index contributed by atoms with van der Waals surface area (Å²) in [6, 6.07) is 6.87. The highest BCUT2D eigenvalue weighted by Crippen LogP contribution is 2.20. The summed E-state index contributed by atoms with van der Waals surface area (Å²) in [6.45, 7) is 1.74. The number of halogens is 4. The first kappa shape index (κ1) is 14.6. The van der Waals surface area contributed by atoms with Gasteiger partial charge in [-0.25, -0.2) is 17.6 Å². The molecule has 0 aliphatic rings. The van der Waals surface area contributed by atoms with E-state index >= 15 is 0 Å². The van der Waals surface area contributed by atoms with Gasteiger partial charge in [0, 0.05) is 0 Å². The van der Waals surface area contributed by atoms with E-state index in [-0.39, 0.29) is 24.0 Å². The van der Waals surface area contributed by atoms with Gasteiger partial charge >= 0.3 is 0 Å². The lowest BCUT2D eigenvalue weighted by atomic mass is 10.0. The molecule has 0 aliphatic heterocycles. The van der Waals surface area contributed by atoms with Crippen molar-refractivity contribution in [3.63, 3.8) is 0 Å². The number of hydrogen-bond acceptors (Lipinski definition) is 0. The van der Waals surface area contributed by atoms with Crippen molar-refractivity contribution in [2.45, 2.75) is 26.2 Å². The van der Waals surface area contributed by atoms with E-state index in [2.05, 4.69) is 0 Å². The van der Waals surface area contributed by atoms with Gasteiger partial charge in [-0.15, -0.1) is 0 Å². The van der Waals surface area contributed by atoms with Crippen LogP contribution in [0, 0.1) is 23.3 Å². The molecule has 0 N–H and O–H groups in total.